The lowest BCUT2D eigenvalue weighted by molar-refractivity contribution is -0.117. The lowest BCUT2D eigenvalue weighted by Crippen LogP contribution is -2.35. The molecule has 0 aliphatic heterocycles. The number of aromatic nitrogens is 1. The van der Waals surface area contributed by atoms with Gasteiger partial charge in [0.15, 0.2) is 0 Å². The van der Waals surface area contributed by atoms with Gasteiger partial charge in [-0.2, -0.15) is 0 Å². The van der Waals surface area contributed by atoms with Gasteiger partial charge in [0.25, 0.3) is 0 Å². The van der Waals surface area contributed by atoms with Crippen molar-refractivity contribution in [2.45, 2.75) is 19.9 Å². The first-order valence-electron chi connectivity index (χ1n) is 5.45. The van der Waals surface area contributed by atoms with Gasteiger partial charge >= 0.3 is 0 Å². The van der Waals surface area contributed by atoms with Crippen LogP contribution in [0.5, 0.6) is 0 Å². The smallest absolute Gasteiger partial charge is 0.241 e. The van der Waals surface area contributed by atoms with Gasteiger partial charge in [-0.3, -0.25) is 4.79 Å². The zero-order valence-electron chi connectivity index (χ0n) is 10.1. The molecule has 0 saturated heterocycles. The van der Waals surface area contributed by atoms with E-state index in [1.165, 1.54) is 0 Å². The van der Waals surface area contributed by atoms with Crippen LogP contribution >= 0.6 is 11.3 Å². The number of hydrogen-bond acceptors (Lipinski definition) is 4. The van der Waals surface area contributed by atoms with Crippen molar-refractivity contribution in [3.63, 3.8) is 0 Å². The van der Waals surface area contributed by atoms with Crippen LogP contribution < -0.4 is 10.6 Å². The fraction of sp³-hybridized carbons (Fsp3) is 0.333. The van der Waals surface area contributed by atoms with Gasteiger partial charge in [-0.05, 0) is 39.1 Å². The lowest BCUT2D eigenvalue weighted by Gasteiger charge is -2.10. The highest BCUT2D eigenvalue weighted by Gasteiger charge is 2.10. The van der Waals surface area contributed by atoms with E-state index in [1.807, 2.05) is 32.0 Å². The molecule has 1 aromatic heterocycles. The van der Waals surface area contributed by atoms with Gasteiger partial charge in [0.1, 0.15) is 0 Å². The number of aryl methyl sites for hydroxylation is 1. The SMILES string of the molecule is CNC(C)C(=O)Nc1ccc2nc(C)sc2c1. The largest absolute Gasteiger partial charge is 0.325 e. The first-order valence-corrected chi connectivity index (χ1v) is 6.27. The number of nitrogens with one attached hydrogen (secondary N) is 2. The van der Waals surface area contributed by atoms with Crippen molar-refractivity contribution in [1.29, 1.82) is 0 Å². The van der Waals surface area contributed by atoms with E-state index >= 15 is 0 Å². The maximum absolute atomic E-state index is 11.7. The summed E-state index contributed by atoms with van der Waals surface area (Å²) in [5, 5.41) is 6.81. The van der Waals surface area contributed by atoms with Crippen molar-refractivity contribution >= 4 is 33.1 Å². The van der Waals surface area contributed by atoms with Gasteiger partial charge in [0.2, 0.25) is 5.91 Å². The summed E-state index contributed by atoms with van der Waals surface area (Å²) in [7, 11) is 1.76. The first kappa shape index (κ1) is 12.0. The summed E-state index contributed by atoms with van der Waals surface area (Å²) in [5.74, 6) is -0.0342. The number of amides is 1. The van der Waals surface area contributed by atoms with E-state index in [2.05, 4.69) is 15.6 Å². The van der Waals surface area contributed by atoms with E-state index in [-0.39, 0.29) is 11.9 Å². The van der Waals surface area contributed by atoms with E-state index in [0.717, 1.165) is 20.9 Å². The maximum atomic E-state index is 11.7. The Kier molecular flexibility index (Phi) is 3.40. The Balaban J connectivity index is 2.22. The average Bonchev–Trinajstić information content (AvgIpc) is 2.67. The highest BCUT2D eigenvalue weighted by Crippen LogP contribution is 2.24. The predicted octanol–water partition coefficient (Wildman–Crippen LogP) is 2.15. The summed E-state index contributed by atoms with van der Waals surface area (Å²) in [6.45, 7) is 3.80. The number of nitrogens with zero attached hydrogens (tertiary/aromatic N) is 1. The molecule has 0 radical (unpaired) electrons. The van der Waals surface area contributed by atoms with E-state index in [0.29, 0.717) is 0 Å². The van der Waals surface area contributed by atoms with Crippen molar-refractivity contribution in [3.8, 4) is 0 Å². The van der Waals surface area contributed by atoms with Crippen LogP contribution in [0.3, 0.4) is 0 Å². The predicted molar refractivity (Wildman–Crippen MR) is 71.5 cm³/mol. The molecule has 17 heavy (non-hydrogen) atoms. The zero-order chi connectivity index (χ0) is 12.4. The monoisotopic (exact) mass is 249 g/mol. The Labute approximate surface area is 104 Å². The minimum Gasteiger partial charge on any atom is -0.325 e. The van der Waals surface area contributed by atoms with Crippen molar-refractivity contribution in [1.82, 2.24) is 10.3 Å². The van der Waals surface area contributed by atoms with E-state index in [9.17, 15) is 4.79 Å². The summed E-state index contributed by atoms with van der Waals surface area (Å²) in [5.41, 5.74) is 1.79. The Morgan fingerprint density at radius 1 is 1.47 bits per heavy atom. The summed E-state index contributed by atoms with van der Waals surface area (Å²) in [4.78, 5) is 16.1. The zero-order valence-corrected chi connectivity index (χ0v) is 10.9. The molecule has 1 heterocycles. The quantitative estimate of drug-likeness (QED) is 0.876. The van der Waals surface area contributed by atoms with Crippen LogP contribution in [0, 0.1) is 6.92 Å². The average molecular weight is 249 g/mol. The number of thiazole rings is 1. The van der Waals surface area contributed by atoms with Gasteiger partial charge in [-0.25, -0.2) is 4.98 Å². The molecule has 4 nitrogen and oxygen atoms in total. The Hall–Kier alpha value is -1.46. The molecule has 2 aromatic rings. The van der Waals surface area contributed by atoms with Crippen LogP contribution in [0.25, 0.3) is 10.2 Å². The summed E-state index contributed by atoms with van der Waals surface area (Å²) in [6.07, 6.45) is 0. The Morgan fingerprint density at radius 3 is 2.94 bits per heavy atom. The minimum atomic E-state index is -0.200. The number of carbonyl (C=O) groups is 1. The fourth-order valence-corrected chi connectivity index (χ4v) is 2.37. The molecule has 0 aliphatic carbocycles. The molecule has 0 spiro atoms. The number of hydrogen-bond donors (Lipinski definition) is 2. The van der Waals surface area contributed by atoms with Crippen LogP contribution in [0.4, 0.5) is 5.69 Å². The third kappa shape index (κ3) is 2.62. The second kappa shape index (κ2) is 4.81. The summed E-state index contributed by atoms with van der Waals surface area (Å²) < 4.78 is 1.09. The molecule has 0 bridgehead atoms. The lowest BCUT2D eigenvalue weighted by atomic mass is 10.2. The van der Waals surface area contributed by atoms with E-state index in [1.54, 1.807) is 18.4 Å². The van der Waals surface area contributed by atoms with E-state index < -0.39 is 0 Å². The van der Waals surface area contributed by atoms with Crippen molar-refractivity contribution in [3.05, 3.63) is 23.2 Å². The molecule has 1 atom stereocenters. The molecule has 0 fully saturated rings. The van der Waals surface area contributed by atoms with Crippen molar-refractivity contribution in [2.24, 2.45) is 0 Å². The Morgan fingerprint density at radius 2 is 2.24 bits per heavy atom. The maximum Gasteiger partial charge on any atom is 0.241 e. The standard InChI is InChI=1S/C12H15N3OS/c1-7(13-3)12(16)15-9-4-5-10-11(6-9)17-8(2)14-10/h4-7,13H,1-3H3,(H,15,16). The molecule has 0 saturated carbocycles. The van der Waals surface area contributed by atoms with Crippen LogP contribution in [-0.2, 0) is 4.79 Å². The van der Waals surface area contributed by atoms with Crippen molar-refractivity contribution < 1.29 is 4.79 Å². The van der Waals surface area contributed by atoms with Crippen LogP contribution in [0.15, 0.2) is 18.2 Å². The highest BCUT2D eigenvalue weighted by atomic mass is 32.1. The topological polar surface area (TPSA) is 54.0 Å². The number of rotatable bonds is 3. The Bertz CT molecular complexity index is 550. The molecule has 2 N–H and O–H groups in total. The van der Waals surface area contributed by atoms with Gasteiger partial charge in [-0.15, -0.1) is 11.3 Å². The molecule has 1 amide bonds. The number of anilines is 1. The van der Waals surface area contributed by atoms with E-state index in [4.69, 9.17) is 0 Å². The van der Waals surface area contributed by atoms with Crippen molar-refractivity contribution in [2.75, 3.05) is 12.4 Å². The fourth-order valence-electron chi connectivity index (χ4n) is 1.50. The van der Waals surface area contributed by atoms with Crippen LogP contribution in [0.1, 0.15) is 11.9 Å². The second-order valence-electron chi connectivity index (χ2n) is 3.92. The summed E-state index contributed by atoms with van der Waals surface area (Å²) >= 11 is 1.63. The van der Waals surface area contributed by atoms with Crippen LogP contribution in [0.2, 0.25) is 0 Å². The normalized spacial score (nSPS) is 12.6. The van der Waals surface area contributed by atoms with Gasteiger partial charge in [0, 0.05) is 5.69 Å². The third-order valence-electron chi connectivity index (χ3n) is 2.59. The second-order valence-corrected chi connectivity index (χ2v) is 5.15. The first-order chi connectivity index (χ1) is 8.10. The molecular formula is C12H15N3OS. The number of likely N-dealkylation sites (N-methyl/N-ethyl adjacent to an activating group) is 1. The third-order valence-corrected chi connectivity index (χ3v) is 3.52. The van der Waals surface area contributed by atoms with Gasteiger partial charge < -0.3 is 10.6 Å². The molecule has 2 rings (SSSR count). The molecule has 5 heteroatoms. The molecule has 0 aliphatic rings. The van der Waals surface area contributed by atoms with Gasteiger partial charge in [-0.1, -0.05) is 0 Å². The minimum absolute atomic E-state index is 0.0342. The highest BCUT2D eigenvalue weighted by molar-refractivity contribution is 7.18. The van der Waals surface area contributed by atoms with Gasteiger partial charge in [0.05, 0.1) is 21.3 Å². The molecular weight excluding hydrogens is 234 g/mol. The molecule has 1 unspecified atom stereocenters. The molecule has 90 valence electrons. The molecule has 1 aromatic carbocycles. The summed E-state index contributed by atoms with van der Waals surface area (Å²) in [6, 6.07) is 5.56. The number of fused-ring (bicyclic) bond motifs is 1. The van der Waals surface area contributed by atoms with Crippen LogP contribution in [-0.4, -0.2) is 24.0 Å². The number of carbonyl (C=O) groups excluding carboxylic acids is 1. The number of benzene rings is 1.